The van der Waals surface area contributed by atoms with E-state index in [2.05, 4.69) is 11.9 Å². The van der Waals surface area contributed by atoms with Crippen molar-refractivity contribution in [3.05, 3.63) is 17.7 Å². The van der Waals surface area contributed by atoms with E-state index in [1.54, 1.807) is 14.2 Å². The fourth-order valence-electron chi connectivity index (χ4n) is 3.15. The standard InChI is InChI=1S/C17H27NO3/c1-18(14-8-6-4-5-7-9-14)12-13-10-15(20-2)17(19)16(11-13)21-3/h10-11,14,19H,4-9,12H2,1-3H3. The van der Waals surface area contributed by atoms with Gasteiger partial charge >= 0.3 is 0 Å². The number of nitrogens with zero attached hydrogens (tertiary/aromatic N) is 1. The number of phenols is 1. The number of hydrogen-bond acceptors (Lipinski definition) is 4. The first kappa shape index (κ1) is 16.0. The van der Waals surface area contributed by atoms with E-state index in [0.717, 1.165) is 12.1 Å². The topological polar surface area (TPSA) is 41.9 Å². The number of phenolic OH excluding ortho intramolecular Hbond substituents is 1. The van der Waals surface area contributed by atoms with Crippen LogP contribution in [0.3, 0.4) is 0 Å². The van der Waals surface area contributed by atoms with E-state index in [4.69, 9.17) is 9.47 Å². The van der Waals surface area contributed by atoms with Gasteiger partial charge in [-0.05, 0) is 37.6 Å². The minimum absolute atomic E-state index is 0.0702. The van der Waals surface area contributed by atoms with Gasteiger partial charge in [0.25, 0.3) is 0 Å². The Kier molecular flexibility index (Phi) is 5.74. The molecule has 4 nitrogen and oxygen atoms in total. The highest BCUT2D eigenvalue weighted by Crippen LogP contribution is 2.37. The van der Waals surface area contributed by atoms with E-state index in [0.29, 0.717) is 17.5 Å². The number of ether oxygens (including phenoxy) is 2. The van der Waals surface area contributed by atoms with Crippen molar-refractivity contribution >= 4 is 0 Å². The maximum Gasteiger partial charge on any atom is 0.200 e. The van der Waals surface area contributed by atoms with Gasteiger partial charge in [0.2, 0.25) is 5.75 Å². The maximum absolute atomic E-state index is 9.97. The largest absolute Gasteiger partial charge is 0.502 e. The van der Waals surface area contributed by atoms with E-state index < -0.39 is 0 Å². The molecule has 0 aromatic heterocycles. The number of hydrogen-bond donors (Lipinski definition) is 1. The van der Waals surface area contributed by atoms with Gasteiger partial charge in [-0.1, -0.05) is 25.7 Å². The van der Waals surface area contributed by atoms with Crippen molar-refractivity contribution < 1.29 is 14.6 Å². The summed E-state index contributed by atoms with van der Waals surface area (Å²) in [5.74, 6) is 1.01. The summed E-state index contributed by atoms with van der Waals surface area (Å²) in [6.45, 7) is 0.845. The second-order valence-corrected chi connectivity index (χ2v) is 5.91. The normalized spacial score (nSPS) is 16.8. The average Bonchev–Trinajstić information content (AvgIpc) is 2.78. The summed E-state index contributed by atoms with van der Waals surface area (Å²) in [5.41, 5.74) is 1.10. The highest BCUT2D eigenvalue weighted by molar-refractivity contribution is 5.52. The molecule has 21 heavy (non-hydrogen) atoms. The lowest BCUT2D eigenvalue weighted by atomic mass is 10.1. The molecule has 0 radical (unpaired) electrons. The van der Waals surface area contributed by atoms with Crippen LogP contribution >= 0.6 is 0 Å². The molecule has 1 aliphatic rings. The van der Waals surface area contributed by atoms with E-state index in [1.807, 2.05) is 12.1 Å². The van der Waals surface area contributed by atoms with Crippen molar-refractivity contribution in [3.8, 4) is 17.2 Å². The van der Waals surface area contributed by atoms with Gasteiger partial charge in [-0.25, -0.2) is 0 Å². The maximum atomic E-state index is 9.97. The fourth-order valence-corrected chi connectivity index (χ4v) is 3.15. The van der Waals surface area contributed by atoms with Crippen LogP contribution in [0.4, 0.5) is 0 Å². The first-order valence-electron chi connectivity index (χ1n) is 7.79. The molecular formula is C17H27NO3. The van der Waals surface area contributed by atoms with Crippen LogP contribution in [0.2, 0.25) is 0 Å². The van der Waals surface area contributed by atoms with Gasteiger partial charge in [0.05, 0.1) is 14.2 Å². The Morgan fingerprint density at radius 3 is 2.05 bits per heavy atom. The molecule has 0 unspecified atom stereocenters. The third-order valence-electron chi connectivity index (χ3n) is 4.42. The Balaban J connectivity index is 2.10. The first-order valence-corrected chi connectivity index (χ1v) is 7.79. The van der Waals surface area contributed by atoms with Crippen LogP contribution in [0, 0.1) is 0 Å². The van der Waals surface area contributed by atoms with Crippen molar-refractivity contribution in [2.75, 3.05) is 21.3 Å². The molecule has 0 heterocycles. The van der Waals surface area contributed by atoms with Crippen molar-refractivity contribution in [3.63, 3.8) is 0 Å². The van der Waals surface area contributed by atoms with Gasteiger partial charge in [0.1, 0.15) is 0 Å². The van der Waals surface area contributed by atoms with Crippen LogP contribution in [-0.2, 0) is 6.54 Å². The van der Waals surface area contributed by atoms with Gasteiger partial charge in [-0.3, -0.25) is 4.90 Å². The Bertz CT molecular complexity index is 428. The van der Waals surface area contributed by atoms with Crippen LogP contribution < -0.4 is 9.47 Å². The molecule has 0 amide bonds. The molecule has 4 heteroatoms. The SMILES string of the molecule is COc1cc(CN(C)C2CCCCCC2)cc(OC)c1O. The molecule has 1 aliphatic carbocycles. The smallest absolute Gasteiger partial charge is 0.200 e. The predicted octanol–water partition coefficient (Wildman–Crippen LogP) is 3.56. The molecule has 0 atom stereocenters. The third kappa shape index (κ3) is 4.03. The van der Waals surface area contributed by atoms with Gasteiger partial charge < -0.3 is 14.6 Å². The summed E-state index contributed by atoms with van der Waals surface area (Å²) in [6.07, 6.45) is 7.95. The lowest BCUT2D eigenvalue weighted by Gasteiger charge is -2.27. The lowest BCUT2D eigenvalue weighted by Crippen LogP contribution is -2.30. The molecule has 1 fully saturated rings. The fraction of sp³-hybridized carbons (Fsp3) is 0.647. The predicted molar refractivity (Wildman–Crippen MR) is 84.2 cm³/mol. The highest BCUT2D eigenvalue weighted by Gasteiger charge is 2.18. The van der Waals surface area contributed by atoms with Crippen LogP contribution in [0.1, 0.15) is 44.1 Å². The zero-order valence-corrected chi connectivity index (χ0v) is 13.4. The van der Waals surface area contributed by atoms with Crippen molar-refractivity contribution in [1.29, 1.82) is 0 Å². The zero-order chi connectivity index (χ0) is 15.2. The average molecular weight is 293 g/mol. The first-order chi connectivity index (χ1) is 10.2. The number of benzene rings is 1. The van der Waals surface area contributed by atoms with Crippen LogP contribution in [0.5, 0.6) is 17.2 Å². The van der Waals surface area contributed by atoms with E-state index in [-0.39, 0.29) is 5.75 Å². The molecule has 0 saturated heterocycles. The summed E-state index contributed by atoms with van der Waals surface area (Å²) in [4.78, 5) is 2.41. The van der Waals surface area contributed by atoms with Gasteiger partial charge in [0.15, 0.2) is 11.5 Å². The Morgan fingerprint density at radius 1 is 1.05 bits per heavy atom. The van der Waals surface area contributed by atoms with Crippen LogP contribution in [0.25, 0.3) is 0 Å². The minimum atomic E-state index is 0.0702. The summed E-state index contributed by atoms with van der Waals surface area (Å²) in [5, 5.41) is 9.97. The number of rotatable bonds is 5. The molecule has 0 bridgehead atoms. The summed E-state index contributed by atoms with van der Waals surface area (Å²) in [6, 6.07) is 4.44. The Labute approximate surface area is 127 Å². The summed E-state index contributed by atoms with van der Waals surface area (Å²) < 4.78 is 10.5. The van der Waals surface area contributed by atoms with Crippen LogP contribution in [-0.4, -0.2) is 37.3 Å². The summed E-state index contributed by atoms with van der Waals surface area (Å²) in [7, 11) is 5.31. The van der Waals surface area contributed by atoms with E-state index in [9.17, 15) is 5.11 Å². The lowest BCUT2D eigenvalue weighted by molar-refractivity contribution is 0.212. The van der Waals surface area contributed by atoms with E-state index in [1.165, 1.54) is 38.5 Å². The molecule has 1 saturated carbocycles. The molecule has 1 aromatic carbocycles. The number of methoxy groups -OCH3 is 2. The van der Waals surface area contributed by atoms with Crippen molar-refractivity contribution in [2.24, 2.45) is 0 Å². The van der Waals surface area contributed by atoms with E-state index >= 15 is 0 Å². The molecule has 0 aliphatic heterocycles. The quantitative estimate of drug-likeness (QED) is 0.843. The molecule has 1 N–H and O–H groups in total. The van der Waals surface area contributed by atoms with Crippen molar-refractivity contribution in [2.45, 2.75) is 51.1 Å². The number of aromatic hydroxyl groups is 1. The Morgan fingerprint density at radius 2 is 1.57 bits per heavy atom. The molecular weight excluding hydrogens is 266 g/mol. The molecule has 118 valence electrons. The molecule has 0 spiro atoms. The molecule has 1 aromatic rings. The highest BCUT2D eigenvalue weighted by atomic mass is 16.5. The third-order valence-corrected chi connectivity index (χ3v) is 4.42. The summed E-state index contributed by atoms with van der Waals surface area (Å²) >= 11 is 0. The second kappa shape index (κ2) is 7.55. The zero-order valence-electron chi connectivity index (χ0n) is 13.4. The monoisotopic (exact) mass is 293 g/mol. The van der Waals surface area contributed by atoms with Gasteiger partial charge in [-0.2, -0.15) is 0 Å². The molecule has 2 rings (SSSR count). The van der Waals surface area contributed by atoms with Gasteiger partial charge in [0, 0.05) is 12.6 Å². The second-order valence-electron chi connectivity index (χ2n) is 5.91. The van der Waals surface area contributed by atoms with Gasteiger partial charge in [-0.15, -0.1) is 0 Å². The van der Waals surface area contributed by atoms with Crippen molar-refractivity contribution in [1.82, 2.24) is 4.90 Å². The Hall–Kier alpha value is -1.42. The minimum Gasteiger partial charge on any atom is -0.502 e. The van der Waals surface area contributed by atoms with Crippen LogP contribution in [0.15, 0.2) is 12.1 Å².